The summed E-state index contributed by atoms with van der Waals surface area (Å²) < 4.78 is 2.52. The van der Waals surface area contributed by atoms with Gasteiger partial charge in [-0.15, -0.1) is 0 Å². The quantitative estimate of drug-likeness (QED) is 0.173. The largest absolute Gasteiger partial charge is 0.309 e. The van der Waals surface area contributed by atoms with Gasteiger partial charge in [-0.3, -0.25) is 0 Å². The maximum atomic E-state index is 5.26. The molecular formula is C63H39N3. The third kappa shape index (κ3) is 5.20. The summed E-state index contributed by atoms with van der Waals surface area (Å²) in [5, 5.41) is 4.92. The Labute approximate surface area is 382 Å². The van der Waals surface area contributed by atoms with Crippen LogP contribution in [-0.4, -0.2) is 14.5 Å². The summed E-state index contributed by atoms with van der Waals surface area (Å²) in [6, 6.07) is 86.2. The molecule has 0 fully saturated rings. The van der Waals surface area contributed by atoms with Crippen LogP contribution >= 0.6 is 0 Å². The van der Waals surface area contributed by atoms with Gasteiger partial charge in [-0.1, -0.05) is 212 Å². The lowest BCUT2D eigenvalue weighted by atomic mass is 9.65. The third-order valence-corrected chi connectivity index (χ3v) is 14.2. The fourth-order valence-electron chi connectivity index (χ4n) is 11.4. The van der Waals surface area contributed by atoms with E-state index in [0.29, 0.717) is 5.82 Å². The van der Waals surface area contributed by atoms with Crippen LogP contribution < -0.4 is 0 Å². The molecule has 0 atom stereocenters. The first-order valence-electron chi connectivity index (χ1n) is 22.7. The molecule has 3 nitrogen and oxygen atoms in total. The molecule has 12 aromatic rings. The lowest BCUT2D eigenvalue weighted by molar-refractivity contribution is 0.749. The highest BCUT2D eigenvalue weighted by Crippen LogP contribution is 2.61. The van der Waals surface area contributed by atoms with E-state index in [1.54, 1.807) is 0 Å². The molecule has 0 saturated carbocycles. The molecule has 2 aliphatic rings. The van der Waals surface area contributed by atoms with Crippen LogP contribution in [0.2, 0.25) is 0 Å². The molecule has 0 saturated heterocycles. The van der Waals surface area contributed by atoms with Gasteiger partial charge in [-0.25, -0.2) is 9.97 Å². The standard InChI is InChI=1S/C63H39N3/c1-3-16-41(17-4-1)45-35-36-50(47-21-8-7-20-46(45)47)58-39-57(64-62(65-58)43-18-5-2-6-19-43)42-32-30-40(31-33-42)44-34-37-60-56(38-44)63(53-26-12-9-22-48(53)49-23-10-13-27-54(49)63)55-28-15-25-52-51-24-11-14-29-59(51)66(60)61(52)55/h1-39H. The molecule has 10 aromatic carbocycles. The van der Waals surface area contributed by atoms with Crippen molar-refractivity contribution in [3.8, 4) is 73.0 Å². The van der Waals surface area contributed by atoms with Crippen molar-refractivity contribution in [1.29, 1.82) is 0 Å². The maximum absolute atomic E-state index is 5.26. The van der Waals surface area contributed by atoms with Crippen molar-refractivity contribution in [2.24, 2.45) is 0 Å². The third-order valence-electron chi connectivity index (χ3n) is 14.2. The summed E-state index contributed by atoms with van der Waals surface area (Å²) in [7, 11) is 0. The van der Waals surface area contributed by atoms with Crippen molar-refractivity contribution >= 4 is 32.6 Å². The predicted molar refractivity (Wildman–Crippen MR) is 272 cm³/mol. The van der Waals surface area contributed by atoms with Crippen LogP contribution in [0, 0.1) is 0 Å². The first-order valence-corrected chi connectivity index (χ1v) is 22.7. The fraction of sp³-hybridized carbons (Fsp3) is 0.0159. The van der Waals surface area contributed by atoms with E-state index in [0.717, 1.165) is 39.0 Å². The normalized spacial score (nSPS) is 13.0. The Morgan fingerprint density at radius 1 is 0.303 bits per heavy atom. The highest BCUT2D eigenvalue weighted by atomic mass is 15.0. The van der Waals surface area contributed by atoms with Gasteiger partial charge in [-0.05, 0) is 90.7 Å². The van der Waals surface area contributed by atoms with Gasteiger partial charge in [0.1, 0.15) is 0 Å². The number of nitrogens with zero attached hydrogens (tertiary/aromatic N) is 3. The Balaban J connectivity index is 0.938. The molecule has 66 heavy (non-hydrogen) atoms. The van der Waals surface area contributed by atoms with Gasteiger partial charge in [0.15, 0.2) is 5.82 Å². The van der Waals surface area contributed by atoms with Gasteiger partial charge in [0.25, 0.3) is 0 Å². The molecule has 3 heterocycles. The van der Waals surface area contributed by atoms with Crippen LogP contribution in [-0.2, 0) is 5.41 Å². The van der Waals surface area contributed by atoms with Crippen molar-refractivity contribution in [2.75, 3.05) is 0 Å². The predicted octanol–water partition coefficient (Wildman–Crippen LogP) is 15.7. The molecule has 0 unspecified atom stereocenters. The Hall–Kier alpha value is -8.66. The molecule has 0 N–H and O–H groups in total. The minimum atomic E-state index is -0.503. The average Bonchev–Trinajstić information content (AvgIpc) is 3.89. The van der Waals surface area contributed by atoms with E-state index in [4.69, 9.17) is 9.97 Å². The van der Waals surface area contributed by atoms with Crippen LogP contribution in [0.25, 0.3) is 106 Å². The first kappa shape index (κ1) is 36.8. The van der Waals surface area contributed by atoms with Gasteiger partial charge in [0, 0.05) is 27.5 Å². The zero-order valence-electron chi connectivity index (χ0n) is 35.9. The summed E-state index contributed by atoms with van der Waals surface area (Å²) in [5.74, 6) is 0.701. The van der Waals surface area contributed by atoms with E-state index in [9.17, 15) is 0 Å². The fourth-order valence-corrected chi connectivity index (χ4v) is 11.4. The Kier molecular flexibility index (Phi) is 7.90. The Morgan fingerprint density at radius 2 is 0.848 bits per heavy atom. The highest BCUT2D eigenvalue weighted by molar-refractivity contribution is 6.13. The summed E-state index contributed by atoms with van der Waals surface area (Å²) in [6.07, 6.45) is 0. The minimum absolute atomic E-state index is 0.503. The smallest absolute Gasteiger partial charge is 0.160 e. The van der Waals surface area contributed by atoms with E-state index in [1.165, 1.54) is 83.0 Å². The van der Waals surface area contributed by atoms with Gasteiger partial charge in [0.05, 0.1) is 33.5 Å². The second kappa shape index (κ2) is 14.2. The molecule has 0 radical (unpaired) electrons. The highest BCUT2D eigenvalue weighted by Gasteiger charge is 2.50. The van der Waals surface area contributed by atoms with Crippen molar-refractivity contribution in [3.05, 3.63) is 259 Å². The average molecular weight is 838 g/mol. The van der Waals surface area contributed by atoms with E-state index in [1.807, 2.05) is 6.07 Å². The molecule has 0 bridgehead atoms. The maximum Gasteiger partial charge on any atom is 0.160 e. The van der Waals surface area contributed by atoms with Crippen LogP contribution in [0.3, 0.4) is 0 Å². The van der Waals surface area contributed by atoms with E-state index >= 15 is 0 Å². The Bertz CT molecular complexity index is 3870. The number of fused-ring (bicyclic) bond motifs is 13. The number of rotatable bonds is 5. The van der Waals surface area contributed by atoms with E-state index < -0.39 is 5.41 Å². The molecule has 1 spiro atoms. The SMILES string of the molecule is c1ccc(-c2nc(-c3ccc(-c4ccc5c(c4)C4(c6ccccc6-c6ccccc64)c4cccc6c7ccccc7n-5c46)cc3)cc(-c3ccc(-c4ccccc4)c4ccccc34)n2)cc1. The van der Waals surface area contributed by atoms with Crippen molar-refractivity contribution < 1.29 is 0 Å². The molecule has 306 valence electrons. The second-order valence-corrected chi connectivity index (χ2v) is 17.6. The number of benzene rings is 10. The topological polar surface area (TPSA) is 30.7 Å². The zero-order valence-corrected chi connectivity index (χ0v) is 35.9. The van der Waals surface area contributed by atoms with Crippen LogP contribution in [0.4, 0.5) is 0 Å². The van der Waals surface area contributed by atoms with E-state index in [2.05, 4.69) is 235 Å². The summed E-state index contributed by atoms with van der Waals surface area (Å²) in [6.45, 7) is 0. The molecule has 1 aliphatic heterocycles. The zero-order chi connectivity index (χ0) is 43.3. The van der Waals surface area contributed by atoms with Crippen molar-refractivity contribution in [3.63, 3.8) is 0 Å². The van der Waals surface area contributed by atoms with Gasteiger partial charge in [0.2, 0.25) is 0 Å². The van der Waals surface area contributed by atoms with Gasteiger partial charge >= 0.3 is 0 Å². The van der Waals surface area contributed by atoms with Gasteiger partial charge < -0.3 is 4.57 Å². The molecular weight excluding hydrogens is 799 g/mol. The summed E-state index contributed by atoms with van der Waals surface area (Å²) in [5.41, 5.74) is 20.7. The summed E-state index contributed by atoms with van der Waals surface area (Å²) >= 11 is 0. The lowest BCUT2D eigenvalue weighted by Crippen LogP contribution is -2.33. The molecule has 14 rings (SSSR count). The second-order valence-electron chi connectivity index (χ2n) is 17.6. The molecule has 2 aromatic heterocycles. The number of hydrogen-bond acceptors (Lipinski definition) is 2. The van der Waals surface area contributed by atoms with Crippen LogP contribution in [0.1, 0.15) is 22.3 Å². The van der Waals surface area contributed by atoms with Crippen LogP contribution in [0.5, 0.6) is 0 Å². The van der Waals surface area contributed by atoms with Gasteiger partial charge in [-0.2, -0.15) is 0 Å². The number of para-hydroxylation sites is 2. The van der Waals surface area contributed by atoms with E-state index in [-0.39, 0.29) is 0 Å². The van der Waals surface area contributed by atoms with Crippen LogP contribution in [0.15, 0.2) is 237 Å². The monoisotopic (exact) mass is 837 g/mol. The number of hydrogen-bond donors (Lipinski definition) is 0. The number of aromatic nitrogens is 3. The van der Waals surface area contributed by atoms with Crippen molar-refractivity contribution in [2.45, 2.75) is 5.41 Å². The molecule has 1 aliphatic carbocycles. The van der Waals surface area contributed by atoms with Crippen molar-refractivity contribution in [1.82, 2.24) is 14.5 Å². The summed E-state index contributed by atoms with van der Waals surface area (Å²) in [4.78, 5) is 10.5. The lowest BCUT2D eigenvalue weighted by Gasteiger charge is -2.40. The Morgan fingerprint density at radius 3 is 1.59 bits per heavy atom. The molecule has 3 heteroatoms. The molecule has 0 amide bonds. The first-order chi connectivity index (χ1) is 32.7. The minimum Gasteiger partial charge on any atom is -0.309 e.